The first-order chi connectivity index (χ1) is 12.3. The van der Waals surface area contributed by atoms with E-state index in [9.17, 15) is 4.79 Å². The van der Waals surface area contributed by atoms with Crippen LogP contribution >= 0.6 is 0 Å². The maximum Gasteiger partial charge on any atom is 0.224 e. The minimum atomic E-state index is 0.161. The van der Waals surface area contributed by atoms with Crippen LogP contribution in [-0.2, 0) is 9.53 Å². The van der Waals surface area contributed by atoms with E-state index in [2.05, 4.69) is 15.1 Å². The number of hydrogen-bond donors (Lipinski definition) is 0. The SMILES string of the molecule is COCCC(=O)N1CCCN(c2ccc(-c3ccccc3)nn2)CC1. The van der Waals surface area contributed by atoms with Gasteiger partial charge in [-0.3, -0.25) is 4.79 Å². The lowest BCUT2D eigenvalue weighted by molar-refractivity contribution is -0.131. The van der Waals surface area contributed by atoms with E-state index in [0.717, 1.165) is 43.1 Å². The zero-order valence-electron chi connectivity index (χ0n) is 14.6. The maximum absolute atomic E-state index is 12.2. The molecule has 0 unspecified atom stereocenters. The van der Waals surface area contributed by atoms with E-state index in [1.54, 1.807) is 7.11 Å². The van der Waals surface area contributed by atoms with Crippen LogP contribution in [0.15, 0.2) is 42.5 Å². The van der Waals surface area contributed by atoms with Gasteiger partial charge in [-0.05, 0) is 18.6 Å². The molecule has 0 spiro atoms. The second-order valence-electron chi connectivity index (χ2n) is 6.11. The largest absolute Gasteiger partial charge is 0.384 e. The molecule has 1 fully saturated rings. The van der Waals surface area contributed by atoms with Gasteiger partial charge in [-0.15, -0.1) is 10.2 Å². The van der Waals surface area contributed by atoms with Crippen LogP contribution in [0.4, 0.5) is 5.82 Å². The van der Waals surface area contributed by atoms with Gasteiger partial charge in [0.15, 0.2) is 5.82 Å². The van der Waals surface area contributed by atoms with Gasteiger partial charge in [0.05, 0.1) is 18.7 Å². The topological polar surface area (TPSA) is 58.6 Å². The summed E-state index contributed by atoms with van der Waals surface area (Å²) in [4.78, 5) is 16.3. The van der Waals surface area contributed by atoms with Gasteiger partial charge >= 0.3 is 0 Å². The molecule has 0 atom stereocenters. The first-order valence-electron chi connectivity index (χ1n) is 8.69. The van der Waals surface area contributed by atoms with Crippen molar-refractivity contribution in [2.45, 2.75) is 12.8 Å². The smallest absolute Gasteiger partial charge is 0.224 e. The van der Waals surface area contributed by atoms with E-state index in [0.29, 0.717) is 19.6 Å². The Balaban J connectivity index is 1.62. The Morgan fingerprint density at radius 1 is 1.04 bits per heavy atom. The molecular weight excluding hydrogens is 316 g/mol. The average Bonchev–Trinajstić information content (AvgIpc) is 2.93. The number of nitrogens with zero attached hydrogens (tertiary/aromatic N) is 4. The Morgan fingerprint density at radius 3 is 2.60 bits per heavy atom. The summed E-state index contributed by atoms with van der Waals surface area (Å²) in [7, 11) is 1.62. The summed E-state index contributed by atoms with van der Waals surface area (Å²) < 4.78 is 5.00. The van der Waals surface area contributed by atoms with E-state index in [1.165, 1.54) is 0 Å². The first-order valence-corrected chi connectivity index (χ1v) is 8.69. The molecule has 0 radical (unpaired) electrons. The van der Waals surface area contributed by atoms with Crippen LogP contribution in [0.3, 0.4) is 0 Å². The van der Waals surface area contributed by atoms with E-state index in [-0.39, 0.29) is 5.91 Å². The summed E-state index contributed by atoms with van der Waals surface area (Å²) >= 11 is 0. The third-order valence-electron chi connectivity index (χ3n) is 4.41. The Kier molecular flexibility index (Phi) is 5.95. The van der Waals surface area contributed by atoms with Crippen LogP contribution in [0, 0.1) is 0 Å². The minimum Gasteiger partial charge on any atom is -0.384 e. The number of anilines is 1. The number of ether oxygens (including phenoxy) is 1. The lowest BCUT2D eigenvalue weighted by atomic mass is 10.1. The molecule has 25 heavy (non-hydrogen) atoms. The predicted octanol–water partition coefficient (Wildman–Crippen LogP) is 2.22. The Labute approximate surface area is 148 Å². The van der Waals surface area contributed by atoms with Crippen molar-refractivity contribution in [3.63, 3.8) is 0 Å². The molecule has 6 heteroatoms. The lowest BCUT2D eigenvalue weighted by Crippen LogP contribution is -2.35. The number of carbonyl (C=O) groups is 1. The highest BCUT2D eigenvalue weighted by Gasteiger charge is 2.19. The molecule has 1 amide bonds. The predicted molar refractivity (Wildman–Crippen MR) is 97.4 cm³/mol. The average molecular weight is 340 g/mol. The lowest BCUT2D eigenvalue weighted by Gasteiger charge is -2.22. The number of benzene rings is 1. The standard InChI is InChI=1S/C19H24N4O2/c1-25-15-10-19(24)23-12-5-11-22(13-14-23)18-9-8-17(20-21-18)16-6-3-2-4-7-16/h2-4,6-9H,5,10-15H2,1H3. The summed E-state index contributed by atoms with van der Waals surface area (Å²) in [6.07, 6.45) is 1.38. The molecule has 6 nitrogen and oxygen atoms in total. The van der Waals surface area contributed by atoms with Crippen LogP contribution in [0.5, 0.6) is 0 Å². The molecule has 1 aromatic heterocycles. The molecule has 1 saturated heterocycles. The molecule has 0 saturated carbocycles. The molecular formula is C19H24N4O2. The zero-order valence-corrected chi connectivity index (χ0v) is 14.6. The van der Waals surface area contributed by atoms with Crippen molar-refractivity contribution in [2.75, 3.05) is 44.8 Å². The van der Waals surface area contributed by atoms with Crippen LogP contribution in [0.25, 0.3) is 11.3 Å². The number of aromatic nitrogens is 2. The fraction of sp³-hybridized carbons (Fsp3) is 0.421. The fourth-order valence-corrected chi connectivity index (χ4v) is 3.00. The first kappa shape index (κ1) is 17.4. The van der Waals surface area contributed by atoms with E-state index >= 15 is 0 Å². The number of hydrogen-bond acceptors (Lipinski definition) is 5. The van der Waals surface area contributed by atoms with E-state index in [1.807, 2.05) is 47.4 Å². The number of rotatable bonds is 5. The highest BCUT2D eigenvalue weighted by Crippen LogP contribution is 2.19. The molecule has 2 aromatic rings. The van der Waals surface area contributed by atoms with Crippen molar-refractivity contribution in [1.29, 1.82) is 0 Å². The van der Waals surface area contributed by atoms with Crippen molar-refractivity contribution < 1.29 is 9.53 Å². The van der Waals surface area contributed by atoms with Crippen LogP contribution < -0.4 is 4.90 Å². The van der Waals surface area contributed by atoms with Gasteiger partial charge in [0.1, 0.15) is 0 Å². The summed E-state index contributed by atoms with van der Waals surface area (Å²) in [6, 6.07) is 14.0. The van der Waals surface area contributed by atoms with Crippen molar-refractivity contribution in [3.8, 4) is 11.3 Å². The molecule has 2 heterocycles. The van der Waals surface area contributed by atoms with Crippen molar-refractivity contribution >= 4 is 11.7 Å². The molecule has 1 aromatic carbocycles. The van der Waals surface area contributed by atoms with Crippen molar-refractivity contribution in [3.05, 3.63) is 42.5 Å². The summed E-state index contributed by atoms with van der Waals surface area (Å²) in [5.74, 6) is 1.03. The van der Waals surface area contributed by atoms with Gasteiger partial charge in [-0.25, -0.2) is 0 Å². The number of amides is 1. The third kappa shape index (κ3) is 4.54. The van der Waals surface area contributed by atoms with E-state index < -0.39 is 0 Å². The summed E-state index contributed by atoms with van der Waals surface area (Å²) in [5.41, 5.74) is 1.93. The molecule has 1 aliphatic rings. The Morgan fingerprint density at radius 2 is 1.88 bits per heavy atom. The molecule has 3 rings (SSSR count). The second kappa shape index (κ2) is 8.58. The van der Waals surface area contributed by atoms with Gasteiger partial charge in [0, 0.05) is 38.9 Å². The Bertz CT molecular complexity index is 676. The van der Waals surface area contributed by atoms with E-state index in [4.69, 9.17) is 4.74 Å². The highest BCUT2D eigenvalue weighted by atomic mass is 16.5. The monoisotopic (exact) mass is 340 g/mol. The van der Waals surface area contributed by atoms with Gasteiger partial charge in [0.2, 0.25) is 5.91 Å². The second-order valence-corrected chi connectivity index (χ2v) is 6.11. The van der Waals surface area contributed by atoms with Gasteiger partial charge in [-0.2, -0.15) is 0 Å². The van der Waals surface area contributed by atoms with Crippen molar-refractivity contribution in [1.82, 2.24) is 15.1 Å². The van der Waals surface area contributed by atoms with Crippen LogP contribution in [-0.4, -0.2) is 60.9 Å². The molecule has 132 valence electrons. The number of carbonyl (C=O) groups excluding carboxylic acids is 1. The minimum absolute atomic E-state index is 0.161. The summed E-state index contributed by atoms with van der Waals surface area (Å²) in [6.45, 7) is 3.64. The molecule has 0 aliphatic carbocycles. The summed E-state index contributed by atoms with van der Waals surface area (Å²) in [5, 5.41) is 8.75. The molecule has 1 aliphatic heterocycles. The van der Waals surface area contributed by atoms with Crippen LogP contribution in [0.1, 0.15) is 12.8 Å². The van der Waals surface area contributed by atoms with Gasteiger partial charge in [-0.1, -0.05) is 30.3 Å². The van der Waals surface area contributed by atoms with Crippen LogP contribution in [0.2, 0.25) is 0 Å². The third-order valence-corrected chi connectivity index (χ3v) is 4.41. The normalized spacial score (nSPS) is 15.1. The Hall–Kier alpha value is -2.47. The van der Waals surface area contributed by atoms with Gasteiger partial charge < -0.3 is 14.5 Å². The zero-order chi connectivity index (χ0) is 17.5. The number of methoxy groups -OCH3 is 1. The maximum atomic E-state index is 12.2. The highest BCUT2D eigenvalue weighted by molar-refractivity contribution is 5.76. The van der Waals surface area contributed by atoms with Crippen molar-refractivity contribution in [2.24, 2.45) is 0 Å². The fourth-order valence-electron chi connectivity index (χ4n) is 3.00. The van der Waals surface area contributed by atoms with Gasteiger partial charge in [0.25, 0.3) is 0 Å². The quantitative estimate of drug-likeness (QED) is 0.835. The molecule has 0 bridgehead atoms. The molecule has 0 N–H and O–H groups in total.